The summed E-state index contributed by atoms with van der Waals surface area (Å²) in [7, 11) is 0. The Morgan fingerprint density at radius 2 is 1.65 bits per heavy atom. The summed E-state index contributed by atoms with van der Waals surface area (Å²) in [5.74, 6) is 0.622. The van der Waals surface area contributed by atoms with E-state index in [1.165, 1.54) is 0 Å². The quantitative estimate of drug-likeness (QED) is 0.409. The highest BCUT2D eigenvalue weighted by atomic mass is 35.5. The van der Waals surface area contributed by atoms with E-state index in [0.29, 0.717) is 29.8 Å². The molecular formula is C27H25ClN4O2. The molecule has 3 aromatic carbocycles. The molecule has 4 aromatic rings. The molecule has 0 aliphatic carbocycles. The number of hydrogen-bond acceptors (Lipinski definition) is 3. The number of H-pyrrole nitrogens is 1. The molecule has 0 saturated carbocycles. The number of imidazole rings is 1. The van der Waals surface area contributed by atoms with Gasteiger partial charge in [-0.2, -0.15) is 0 Å². The van der Waals surface area contributed by atoms with Crippen LogP contribution in [0.1, 0.15) is 37.8 Å². The van der Waals surface area contributed by atoms with Gasteiger partial charge in [0.1, 0.15) is 5.82 Å². The highest BCUT2D eigenvalue weighted by molar-refractivity contribution is 6.09. The fraction of sp³-hybridized carbons (Fsp3) is 0.148. The molecule has 1 aromatic heterocycles. The number of halogens is 1. The molecule has 1 aliphatic heterocycles. The summed E-state index contributed by atoms with van der Waals surface area (Å²) < 4.78 is 0. The van der Waals surface area contributed by atoms with Gasteiger partial charge in [0.25, 0.3) is 11.8 Å². The van der Waals surface area contributed by atoms with Crippen LogP contribution in [0.5, 0.6) is 0 Å². The van der Waals surface area contributed by atoms with Gasteiger partial charge in [-0.15, -0.1) is 12.4 Å². The van der Waals surface area contributed by atoms with E-state index < -0.39 is 0 Å². The third-order valence-corrected chi connectivity index (χ3v) is 5.96. The molecular weight excluding hydrogens is 448 g/mol. The molecule has 0 saturated heterocycles. The summed E-state index contributed by atoms with van der Waals surface area (Å²) in [5, 5.41) is 2.91. The first-order valence-corrected chi connectivity index (χ1v) is 10.9. The Bertz CT molecular complexity index is 1360. The minimum absolute atomic E-state index is 0. The molecule has 0 bridgehead atoms. The Morgan fingerprint density at radius 1 is 0.941 bits per heavy atom. The fourth-order valence-electron chi connectivity index (χ4n) is 4.29. The summed E-state index contributed by atoms with van der Waals surface area (Å²) in [5.41, 5.74) is 6.51. The molecule has 0 unspecified atom stereocenters. The largest absolute Gasteiger partial charge is 0.346 e. The van der Waals surface area contributed by atoms with E-state index in [-0.39, 0.29) is 24.2 Å². The van der Waals surface area contributed by atoms with E-state index in [2.05, 4.69) is 15.3 Å². The predicted octanol–water partition coefficient (Wildman–Crippen LogP) is 5.57. The third-order valence-electron chi connectivity index (χ3n) is 5.96. The van der Waals surface area contributed by atoms with Gasteiger partial charge in [-0.25, -0.2) is 4.98 Å². The number of rotatable bonds is 3. The Balaban J connectivity index is 0.00000274. The maximum atomic E-state index is 13.5. The summed E-state index contributed by atoms with van der Waals surface area (Å²) >= 11 is 0. The zero-order chi connectivity index (χ0) is 22.9. The van der Waals surface area contributed by atoms with Crippen LogP contribution in [0.4, 0.5) is 11.4 Å². The number of aromatic nitrogens is 2. The zero-order valence-electron chi connectivity index (χ0n) is 19.0. The van der Waals surface area contributed by atoms with Crippen LogP contribution in [0.3, 0.4) is 0 Å². The lowest BCUT2D eigenvalue weighted by Crippen LogP contribution is -2.32. The average Bonchev–Trinajstić information content (AvgIpc) is 3.13. The summed E-state index contributed by atoms with van der Waals surface area (Å²) in [6.45, 7) is 4.40. The molecule has 2 amide bonds. The van der Waals surface area contributed by atoms with E-state index in [4.69, 9.17) is 0 Å². The lowest BCUT2D eigenvalue weighted by Gasteiger charge is -2.23. The first kappa shape index (κ1) is 23.3. The molecule has 2 N–H and O–H groups in total. The highest BCUT2D eigenvalue weighted by Gasteiger charge is 2.26. The number of nitrogens with zero attached hydrogens (tertiary/aromatic N) is 2. The van der Waals surface area contributed by atoms with Crippen LogP contribution >= 0.6 is 12.4 Å². The number of nitrogens with one attached hydrogen (secondary N) is 2. The fourth-order valence-corrected chi connectivity index (χ4v) is 4.29. The van der Waals surface area contributed by atoms with Crippen molar-refractivity contribution >= 4 is 35.6 Å². The molecule has 0 atom stereocenters. The standard InChI is InChI=1S/C27H24N4O2.ClH/c1-17-7-3-4-8-21(17)26(32)30-20-13-11-19(12-14-20)27(33)31-16-15-23-25(29-18(2)28-23)22-9-5-6-10-24(22)31;/h3-14H,15-16H2,1-2H3,(H,28,29)(H,30,32);1H. The molecule has 0 fully saturated rings. The van der Waals surface area contributed by atoms with Gasteiger partial charge in [-0.1, -0.05) is 36.4 Å². The van der Waals surface area contributed by atoms with Gasteiger partial charge < -0.3 is 15.2 Å². The minimum atomic E-state index is -0.169. The number of para-hydroxylation sites is 1. The van der Waals surface area contributed by atoms with Crippen LogP contribution in [0, 0.1) is 13.8 Å². The predicted molar refractivity (Wildman–Crippen MR) is 137 cm³/mol. The minimum Gasteiger partial charge on any atom is -0.346 e. The summed E-state index contributed by atoms with van der Waals surface area (Å²) in [6.07, 6.45) is 0.696. The monoisotopic (exact) mass is 472 g/mol. The van der Waals surface area contributed by atoms with E-state index in [9.17, 15) is 9.59 Å². The van der Waals surface area contributed by atoms with Crippen LogP contribution in [0.2, 0.25) is 0 Å². The number of hydrogen-bond donors (Lipinski definition) is 2. The number of carbonyl (C=O) groups excluding carboxylic acids is 2. The molecule has 172 valence electrons. The van der Waals surface area contributed by atoms with E-state index in [1.807, 2.05) is 56.3 Å². The Labute approximate surface area is 204 Å². The Kier molecular flexibility index (Phi) is 6.52. The SMILES string of the molecule is Cc1nc2c([nH]1)CCN(C(=O)c1ccc(NC(=O)c3ccccc3C)cc1)c1ccccc1-2.Cl. The van der Waals surface area contributed by atoms with Crippen molar-refractivity contribution in [1.82, 2.24) is 9.97 Å². The van der Waals surface area contributed by atoms with Crippen molar-refractivity contribution < 1.29 is 9.59 Å². The van der Waals surface area contributed by atoms with Gasteiger partial charge in [-0.3, -0.25) is 9.59 Å². The molecule has 1 aliphatic rings. The molecule has 0 spiro atoms. The van der Waals surface area contributed by atoms with Gasteiger partial charge in [0.05, 0.1) is 11.4 Å². The second-order valence-corrected chi connectivity index (χ2v) is 8.22. The van der Waals surface area contributed by atoms with Crippen molar-refractivity contribution in [3.8, 4) is 11.3 Å². The van der Waals surface area contributed by atoms with E-state index in [1.54, 1.807) is 35.2 Å². The number of amides is 2. The Morgan fingerprint density at radius 3 is 2.41 bits per heavy atom. The van der Waals surface area contributed by atoms with Gasteiger partial charge in [0, 0.05) is 41.0 Å². The van der Waals surface area contributed by atoms with Crippen molar-refractivity contribution in [2.75, 3.05) is 16.8 Å². The lowest BCUT2D eigenvalue weighted by atomic mass is 10.1. The molecule has 6 nitrogen and oxygen atoms in total. The van der Waals surface area contributed by atoms with Gasteiger partial charge in [-0.05, 0) is 55.8 Å². The maximum absolute atomic E-state index is 13.5. The number of fused-ring (bicyclic) bond motifs is 3. The molecule has 7 heteroatoms. The van der Waals surface area contributed by atoms with Crippen LogP contribution in [0.15, 0.2) is 72.8 Å². The van der Waals surface area contributed by atoms with Gasteiger partial charge in [0.15, 0.2) is 0 Å². The zero-order valence-corrected chi connectivity index (χ0v) is 19.8. The normalized spacial score (nSPS) is 12.1. The molecule has 5 rings (SSSR count). The van der Waals surface area contributed by atoms with E-state index >= 15 is 0 Å². The topological polar surface area (TPSA) is 78.1 Å². The first-order chi connectivity index (χ1) is 16.0. The number of aromatic amines is 1. The molecule has 2 heterocycles. The van der Waals surface area contributed by atoms with Crippen LogP contribution in [-0.4, -0.2) is 28.3 Å². The molecule has 34 heavy (non-hydrogen) atoms. The second kappa shape index (κ2) is 9.53. The van der Waals surface area contributed by atoms with Crippen LogP contribution in [0.25, 0.3) is 11.3 Å². The lowest BCUT2D eigenvalue weighted by molar-refractivity contribution is 0.0986. The van der Waals surface area contributed by atoms with Crippen LogP contribution in [-0.2, 0) is 6.42 Å². The number of benzene rings is 3. The number of carbonyl (C=O) groups is 2. The van der Waals surface area contributed by atoms with Crippen molar-refractivity contribution in [3.05, 3.63) is 101 Å². The third kappa shape index (κ3) is 4.32. The van der Waals surface area contributed by atoms with Gasteiger partial charge in [0.2, 0.25) is 0 Å². The first-order valence-electron chi connectivity index (χ1n) is 10.9. The second-order valence-electron chi connectivity index (χ2n) is 8.22. The Hall–Kier alpha value is -3.90. The van der Waals surface area contributed by atoms with E-state index in [0.717, 1.165) is 34.0 Å². The van der Waals surface area contributed by atoms with Crippen molar-refractivity contribution in [3.63, 3.8) is 0 Å². The molecule has 0 radical (unpaired) electrons. The van der Waals surface area contributed by atoms with Crippen molar-refractivity contribution in [1.29, 1.82) is 0 Å². The number of aryl methyl sites for hydroxylation is 2. The summed E-state index contributed by atoms with van der Waals surface area (Å²) in [6, 6.07) is 22.4. The smallest absolute Gasteiger partial charge is 0.258 e. The summed E-state index contributed by atoms with van der Waals surface area (Å²) in [4.78, 5) is 35.8. The highest BCUT2D eigenvalue weighted by Crippen LogP contribution is 2.35. The maximum Gasteiger partial charge on any atom is 0.258 e. The number of anilines is 2. The van der Waals surface area contributed by atoms with Crippen molar-refractivity contribution in [2.24, 2.45) is 0 Å². The van der Waals surface area contributed by atoms with Gasteiger partial charge >= 0.3 is 0 Å². The average molecular weight is 473 g/mol. The van der Waals surface area contributed by atoms with Crippen molar-refractivity contribution in [2.45, 2.75) is 20.3 Å². The van der Waals surface area contributed by atoms with Crippen LogP contribution < -0.4 is 10.2 Å².